The zero-order valence-electron chi connectivity index (χ0n) is 28.9. The fourth-order valence-electron chi connectivity index (χ4n) is 7.45. The third-order valence-corrected chi connectivity index (χ3v) is 11.7. The number of hydrogen-bond donors (Lipinski definition) is 2. The van der Waals surface area contributed by atoms with Gasteiger partial charge in [-0.3, -0.25) is 34.1 Å². The second kappa shape index (κ2) is 13.4. The number of halogens is 1. The first-order chi connectivity index (χ1) is 25.1. The Balaban J connectivity index is 1.01. The second-order valence-corrected chi connectivity index (χ2v) is 15.3. The smallest absolute Gasteiger partial charge is 0.277 e. The summed E-state index contributed by atoms with van der Waals surface area (Å²) in [4.78, 5) is 60.2. The van der Waals surface area contributed by atoms with Crippen LogP contribution >= 0.6 is 22.9 Å². The first-order valence-corrected chi connectivity index (χ1v) is 18.5. The molecule has 0 bridgehead atoms. The highest BCUT2D eigenvalue weighted by Gasteiger charge is 2.34. The molecule has 3 aromatic heterocycles. The van der Waals surface area contributed by atoms with E-state index in [2.05, 4.69) is 44.7 Å². The molecule has 2 unspecified atom stereocenters. The largest absolute Gasteiger partial charge is 0.371 e. The van der Waals surface area contributed by atoms with Crippen molar-refractivity contribution in [3.63, 3.8) is 0 Å². The summed E-state index contributed by atoms with van der Waals surface area (Å²) in [5.41, 5.74) is 4.23. The Morgan fingerprint density at radius 3 is 2.65 bits per heavy atom. The molecule has 8 rings (SSSR count). The molecule has 0 spiro atoms. The number of aryl methyl sites for hydroxylation is 2. The number of carbonyl (C=O) groups is 3. The lowest BCUT2D eigenvalue weighted by molar-refractivity contribution is -0.136. The summed E-state index contributed by atoms with van der Waals surface area (Å²) < 4.78 is 3.23. The van der Waals surface area contributed by atoms with Gasteiger partial charge >= 0.3 is 0 Å². The Labute approximate surface area is 307 Å². The Morgan fingerprint density at radius 1 is 1.06 bits per heavy atom. The molecular formula is C37H36ClN9O4S. The summed E-state index contributed by atoms with van der Waals surface area (Å²) in [5.74, 6) is 0.484. The number of nitrogens with one attached hydrogen (secondary N) is 2. The molecule has 266 valence electrons. The monoisotopic (exact) mass is 737 g/mol. The van der Waals surface area contributed by atoms with Crippen LogP contribution in [0.2, 0.25) is 5.02 Å². The summed E-state index contributed by atoms with van der Waals surface area (Å²) in [6.07, 6.45) is 2.87. The molecule has 2 saturated heterocycles. The fraction of sp³-hybridized carbons (Fsp3) is 0.351. The second-order valence-electron chi connectivity index (χ2n) is 13.6. The minimum Gasteiger partial charge on any atom is -0.371 e. The van der Waals surface area contributed by atoms with Crippen molar-refractivity contribution in [2.75, 3.05) is 24.5 Å². The molecule has 2 aromatic carbocycles. The molecule has 2 N–H and O–H groups in total. The van der Waals surface area contributed by atoms with Crippen molar-refractivity contribution in [1.29, 1.82) is 0 Å². The normalized spacial score (nSPS) is 20.0. The van der Waals surface area contributed by atoms with Crippen LogP contribution < -0.4 is 21.1 Å². The van der Waals surface area contributed by atoms with E-state index in [1.165, 1.54) is 9.56 Å². The minimum absolute atomic E-state index is 0.0921. The molecule has 0 aliphatic carbocycles. The van der Waals surface area contributed by atoms with Crippen LogP contribution in [-0.4, -0.2) is 67.6 Å². The Morgan fingerprint density at radius 2 is 1.87 bits per heavy atom. The van der Waals surface area contributed by atoms with E-state index < -0.39 is 18.0 Å². The number of aromatic nitrogens is 5. The number of rotatable bonds is 7. The molecule has 5 aromatic rings. The van der Waals surface area contributed by atoms with Gasteiger partial charge < -0.3 is 10.2 Å². The number of fused-ring (bicyclic) bond motifs is 4. The van der Waals surface area contributed by atoms with Crippen molar-refractivity contribution in [3.05, 3.63) is 97.3 Å². The molecule has 15 heteroatoms. The topological polar surface area (TPSA) is 156 Å². The number of anilines is 1. The minimum atomic E-state index is -0.845. The van der Waals surface area contributed by atoms with Crippen molar-refractivity contribution >= 4 is 62.8 Å². The maximum absolute atomic E-state index is 13.8. The third kappa shape index (κ3) is 5.99. The van der Waals surface area contributed by atoms with Gasteiger partial charge in [0.25, 0.3) is 11.5 Å². The number of piperidine rings is 1. The average Bonchev–Trinajstić information content (AvgIpc) is 3.81. The molecule has 13 nitrogen and oxygen atoms in total. The van der Waals surface area contributed by atoms with Gasteiger partial charge in [-0.05, 0) is 63.3 Å². The number of nitrogens with zero attached hydrogens (tertiary/aromatic N) is 7. The average molecular weight is 738 g/mol. The van der Waals surface area contributed by atoms with Crippen LogP contribution in [-0.2, 0) is 14.4 Å². The van der Waals surface area contributed by atoms with Crippen LogP contribution in [0.3, 0.4) is 0 Å². The van der Waals surface area contributed by atoms with Crippen LogP contribution in [0.15, 0.2) is 58.4 Å². The van der Waals surface area contributed by atoms with E-state index in [0.29, 0.717) is 41.3 Å². The molecule has 6 heterocycles. The SMILES string of the molecule is Cc1sc2c(c1C)C(c1ccc(Cl)cc1)=N[C@@H](CC(=O)NCC1CCN(c3cccc4cnn(C5CCC(=O)NC5=O)c(=O)c34)C1)c1nnc(C)n1-2. The molecule has 0 saturated carbocycles. The fourth-order valence-corrected chi connectivity index (χ4v) is 8.79. The maximum Gasteiger partial charge on any atom is 0.277 e. The van der Waals surface area contributed by atoms with Crippen molar-refractivity contribution in [2.45, 2.75) is 58.5 Å². The van der Waals surface area contributed by atoms with Gasteiger partial charge in [-0.25, -0.2) is 4.68 Å². The quantitative estimate of drug-likeness (QED) is 0.231. The van der Waals surface area contributed by atoms with Gasteiger partial charge in [0.2, 0.25) is 11.8 Å². The zero-order valence-corrected chi connectivity index (χ0v) is 30.4. The summed E-state index contributed by atoms with van der Waals surface area (Å²) in [7, 11) is 0. The molecule has 52 heavy (non-hydrogen) atoms. The van der Waals surface area contributed by atoms with E-state index in [1.807, 2.05) is 54.0 Å². The predicted molar refractivity (Wildman–Crippen MR) is 199 cm³/mol. The Kier molecular flexibility index (Phi) is 8.74. The first-order valence-electron chi connectivity index (χ1n) is 17.3. The number of aliphatic imine (C=N–C) groups is 1. The van der Waals surface area contributed by atoms with Gasteiger partial charge in [0, 0.05) is 52.5 Å². The number of imide groups is 1. The summed E-state index contributed by atoms with van der Waals surface area (Å²) >= 11 is 7.91. The van der Waals surface area contributed by atoms with Crippen molar-refractivity contribution < 1.29 is 14.4 Å². The van der Waals surface area contributed by atoms with E-state index in [4.69, 9.17) is 16.6 Å². The Bertz CT molecular complexity index is 2360. The lowest BCUT2D eigenvalue weighted by atomic mass is 9.99. The third-order valence-electron chi connectivity index (χ3n) is 10.3. The van der Waals surface area contributed by atoms with Gasteiger partial charge in [0.05, 0.1) is 29.4 Å². The number of thiophene rings is 1. The van der Waals surface area contributed by atoms with Crippen molar-refractivity contribution in [1.82, 2.24) is 35.2 Å². The molecule has 3 aliphatic heterocycles. The van der Waals surface area contributed by atoms with E-state index >= 15 is 0 Å². The number of benzene rings is 2. The molecule has 0 radical (unpaired) electrons. The highest BCUT2D eigenvalue weighted by atomic mass is 35.5. The molecule has 2 fully saturated rings. The predicted octanol–water partition coefficient (Wildman–Crippen LogP) is 4.52. The first kappa shape index (κ1) is 33.9. The van der Waals surface area contributed by atoms with Crippen LogP contribution in [0.25, 0.3) is 15.8 Å². The molecular weight excluding hydrogens is 702 g/mol. The van der Waals surface area contributed by atoms with Gasteiger partial charge in [-0.2, -0.15) is 5.10 Å². The van der Waals surface area contributed by atoms with Gasteiger partial charge in [-0.1, -0.05) is 35.9 Å². The zero-order chi connectivity index (χ0) is 36.3. The van der Waals surface area contributed by atoms with Gasteiger partial charge in [0.1, 0.15) is 22.9 Å². The van der Waals surface area contributed by atoms with Crippen LogP contribution in [0.1, 0.15) is 71.0 Å². The van der Waals surface area contributed by atoms with Gasteiger partial charge in [-0.15, -0.1) is 21.5 Å². The Hall–Kier alpha value is -5.21. The summed E-state index contributed by atoms with van der Waals surface area (Å²) in [6, 6.07) is 11.8. The van der Waals surface area contributed by atoms with E-state index in [9.17, 15) is 19.2 Å². The van der Waals surface area contributed by atoms with E-state index in [-0.39, 0.29) is 42.6 Å². The van der Waals surface area contributed by atoms with Crippen LogP contribution in [0, 0.1) is 26.7 Å². The van der Waals surface area contributed by atoms with E-state index in [1.54, 1.807) is 17.5 Å². The van der Waals surface area contributed by atoms with Gasteiger partial charge in [0.15, 0.2) is 5.82 Å². The highest BCUT2D eigenvalue weighted by Crippen LogP contribution is 2.40. The standard InChI is InChI=1S/C37H36ClN9O4S/c1-19-20(2)52-37-31(19)33(23-7-9-25(38)10-8-23)41-26(34-44-43-21(3)46(34)37)15-30(49)39-16-22-13-14-45(18-22)27-6-4-5-24-17-40-47(36(51)32(24)27)28-11-12-29(48)42-35(28)50/h4-10,17,22,26,28H,11-16,18H2,1-3H3,(H,39,49)(H,42,48,50)/t22?,26-,28?/m0/s1. The lowest BCUT2D eigenvalue weighted by Crippen LogP contribution is -2.45. The van der Waals surface area contributed by atoms with Crippen molar-refractivity contribution in [2.24, 2.45) is 10.9 Å². The molecule has 3 atom stereocenters. The number of carbonyl (C=O) groups excluding carboxylic acids is 3. The summed E-state index contributed by atoms with van der Waals surface area (Å²) in [6.45, 7) is 7.89. The maximum atomic E-state index is 13.8. The summed E-state index contributed by atoms with van der Waals surface area (Å²) in [5, 5.41) is 21.4. The van der Waals surface area contributed by atoms with Crippen LogP contribution in [0.4, 0.5) is 5.69 Å². The lowest BCUT2D eigenvalue weighted by Gasteiger charge is -2.24. The number of amides is 3. The van der Waals surface area contributed by atoms with Crippen LogP contribution in [0.5, 0.6) is 0 Å². The van der Waals surface area contributed by atoms with E-state index in [0.717, 1.165) is 45.3 Å². The highest BCUT2D eigenvalue weighted by molar-refractivity contribution is 7.15. The van der Waals surface area contributed by atoms with Crippen molar-refractivity contribution in [3.8, 4) is 5.00 Å². The molecule has 3 amide bonds. The molecule has 3 aliphatic rings. The number of hydrogen-bond acceptors (Lipinski definition) is 10.